The fraction of sp³-hybridized carbons (Fsp3) is 0.0833. The average Bonchev–Trinajstić information content (AvgIpc) is 2.35. The number of ether oxygens (including phenoxy) is 1. The summed E-state index contributed by atoms with van der Waals surface area (Å²) in [7, 11) is 0. The van der Waals surface area contributed by atoms with E-state index in [9.17, 15) is 4.79 Å². The minimum Gasteiger partial charge on any atom is -0.698 e. The number of carbonyl (C=O) groups excluding carboxylic acids is 3. The number of hydrogen-bond acceptors (Lipinski definition) is 2. The van der Waals surface area contributed by atoms with E-state index in [-0.39, 0.29) is 29.4 Å². The van der Waals surface area contributed by atoms with Crippen LogP contribution in [0.1, 0.15) is 10.4 Å². The molecule has 0 aliphatic rings. The summed E-state index contributed by atoms with van der Waals surface area (Å²) in [5.41, 5.74) is 7.60. The van der Waals surface area contributed by atoms with Crippen molar-refractivity contribution in [1.29, 1.82) is 0 Å². The van der Waals surface area contributed by atoms with E-state index in [1.54, 1.807) is 6.08 Å². The maximum absolute atomic E-state index is 11.3. The Balaban J connectivity index is 3.26. The van der Waals surface area contributed by atoms with Gasteiger partial charge in [-0.15, -0.1) is 5.69 Å². The van der Waals surface area contributed by atoms with Gasteiger partial charge in [-0.2, -0.15) is 0 Å². The third-order valence-electron chi connectivity index (χ3n) is 1.95. The Hall–Kier alpha value is -2.43. The van der Waals surface area contributed by atoms with Gasteiger partial charge in [-0.25, -0.2) is 4.42 Å². The molecule has 0 spiro atoms. The second kappa shape index (κ2) is 5.60. The highest BCUT2D eigenvalue weighted by molar-refractivity contribution is 5.94. The van der Waals surface area contributed by atoms with E-state index in [1.165, 1.54) is 12.1 Å². The van der Waals surface area contributed by atoms with Gasteiger partial charge in [0.1, 0.15) is 12.2 Å². The smallest absolute Gasteiger partial charge is 0.611 e. The summed E-state index contributed by atoms with van der Waals surface area (Å²) < 4.78 is 14.4. The first kappa shape index (κ1) is 12.6. The number of rotatable bonds is 5. The molecule has 0 atom stereocenters. The third-order valence-corrected chi connectivity index (χ3v) is 1.95. The first-order valence-corrected chi connectivity index (χ1v) is 4.65. The van der Waals surface area contributed by atoms with Gasteiger partial charge in [0, 0.05) is 12.1 Å². The van der Waals surface area contributed by atoms with Crippen LogP contribution >= 0.6 is 0 Å². The molecule has 17 heavy (non-hydrogen) atoms. The molecule has 1 aromatic rings. The zero-order valence-corrected chi connectivity index (χ0v) is 9.19. The number of nitrogens with one attached hydrogen (secondary N) is 1. The monoisotopic (exact) mass is 234 g/mol. The van der Waals surface area contributed by atoms with Crippen molar-refractivity contribution in [2.45, 2.75) is 0 Å². The first-order valence-electron chi connectivity index (χ1n) is 4.65. The molecule has 88 valence electrons. The van der Waals surface area contributed by atoms with Crippen molar-refractivity contribution in [2.24, 2.45) is 0 Å². The second-order valence-electron chi connectivity index (χ2n) is 3.02. The highest BCUT2D eigenvalue weighted by Gasteiger charge is 2.23. The second-order valence-corrected chi connectivity index (χ2v) is 3.02. The lowest BCUT2D eigenvalue weighted by atomic mass is 10.1. The maximum Gasteiger partial charge on any atom is 0.611 e. The lowest BCUT2D eigenvalue weighted by molar-refractivity contribution is -0.356. The Morgan fingerprint density at radius 2 is 2.18 bits per heavy atom. The van der Waals surface area contributed by atoms with Crippen LogP contribution in [0.15, 0.2) is 24.8 Å². The molecule has 1 rings (SSSR count). The first-order chi connectivity index (χ1) is 8.13. The van der Waals surface area contributed by atoms with E-state index in [2.05, 4.69) is 24.6 Å². The van der Waals surface area contributed by atoms with Gasteiger partial charge in [0.05, 0.1) is 4.79 Å². The number of hydrogen-bond donors (Lipinski definition) is 0. The van der Waals surface area contributed by atoms with Crippen molar-refractivity contribution < 1.29 is 18.4 Å². The van der Waals surface area contributed by atoms with Crippen molar-refractivity contribution in [3.05, 3.63) is 36.1 Å². The van der Waals surface area contributed by atoms with E-state index in [0.29, 0.717) is 0 Å². The van der Waals surface area contributed by atoms with Crippen LogP contribution in [0.2, 0.25) is 0 Å². The van der Waals surface area contributed by atoms with Crippen LogP contribution in [0.3, 0.4) is 0 Å². The predicted octanol–water partition coefficient (Wildman–Crippen LogP) is 2.52. The minimum absolute atomic E-state index is 0.0415. The molecule has 0 fully saturated rings. The maximum atomic E-state index is 11.3. The van der Waals surface area contributed by atoms with Gasteiger partial charge in [0.25, 0.3) is 6.79 Å². The molecule has 0 bridgehead atoms. The molecule has 5 nitrogen and oxygen atoms in total. The van der Waals surface area contributed by atoms with E-state index in [4.69, 9.17) is 14.9 Å². The molecule has 0 aliphatic carbocycles. The van der Waals surface area contributed by atoms with Gasteiger partial charge >= 0.3 is 11.7 Å². The summed E-state index contributed by atoms with van der Waals surface area (Å²) in [5.74, 6) is -0.164. The molecule has 0 radical (unpaired) electrons. The highest BCUT2D eigenvalue weighted by Crippen LogP contribution is 2.34. The summed E-state index contributed by atoms with van der Waals surface area (Å²) in [6.07, 6.45) is 1.54. The van der Waals surface area contributed by atoms with Crippen molar-refractivity contribution in [3.8, 4) is 11.5 Å². The Morgan fingerprint density at radius 3 is 2.71 bits per heavy atom. The Labute approximate surface area is 98.5 Å². The highest BCUT2D eigenvalue weighted by atomic mass is 16.5. The van der Waals surface area contributed by atoms with Crippen LogP contribution in [0.5, 0.6) is 11.5 Å². The Kier molecular flexibility index (Phi) is 4.16. The van der Waals surface area contributed by atoms with E-state index < -0.39 is 5.97 Å². The van der Waals surface area contributed by atoms with Crippen LogP contribution in [0.4, 0.5) is 5.69 Å². The lowest BCUT2D eigenvalue weighted by Gasteiger charge is -2.06. The normalized spacial score (nSPS) is 9.41. The summed E-state index contributed by atoms with van der Waals surface area (Å²) in [6, 6.07) is 2.66. The number of benzene rings is 1. The van der Waals surface area contributed by atoms with Gasteiger partial charge in [0.15, 0.2) is 6.79 Å². The molecule has 0 saturated heterocycles. The quantitative estimate of drug-likeness (QED) is 0.580. The third kappa shape index (κ3) is 2.78. The molecule has 0 aromatic heterocycles. The van der Waals surface area contributed by atoms with Crippen molar-refractivity contribution in [3.63, 3.8) is 0 Å². The molecule has 0 amide bonds. The average molecular weight is 234 g/mol. The van der Waals surface area contributed by atoms with Crippen molar-refractivity contribution >= 4 is 25.2 Å². The minimum atomic E-state index is -0.714. The standard InChI is InChI=1S/C12H11NO4/c1-4-5-17-11-6-8(12(14)16-3)9(13)7-10(11)15-2/h4,6-7H,1-3,5H2/p+1. The zero-order valence-electron chi connectivity index (χ0n) is 9.19. The van der Waals surface area contributed by atoms with Crippen LogP contribution in [0, 0.1) is 0 Å². The van der Waals surface area contributed by atoms with Crippen molar-refractivity contribution in [1.82, 2.24) is 0 Å². The van der Waals surface area contributed by atoms with Crippen LogP contribution < -0.4 is 4.74 Å². The van der Waals surface area contributed by atoms with Gasteiger partial charge < -0.3 is 10.5 Å². The molecule has 0 heterocycles. The van der Waals surface area contributed by atoms with Crippen molar-refractivity contribution in [2.75, 3.05) is 6.61 Å². The van der Waals surface area contributed by atoms with Gasteiger partial charge in [0.2, 0.25) is 5.75 Å². The molecular formula is C12H12NO4+. The topological polar surface area (TPSA) is 72.7 Å². The van der Waals surface area contributed by atoms with Crippen LogP contribution in [0.25, 0.3) is 5.73 Å². The molecule has 0 saturated carbocycles. The molecule has 0 unspecified atom stereocenters. The van der Waals surface area contributed by atoms with Crippen LogP contribution in [-0.4, -0.2) is 26.2 Å². The SMILES string of the molecule is C=CCOc1cc(C(=O)[O+]=C)c([NH-])cc1[O+]=C. The fourth-order valence-corrected chi connectivity index (χ4v) is 1.18. The van der Waals surface area contributed by atoms with E-state index >= 15 is 0 Å². The van der Waals surface area contributed by atoms with Gasteiger partial charge in [-0.1, -0.05) is 12.7 Å². The molecular weight excluding hydrogens is 222 g/mol. The van der Waals surface area contributed by atoms with Gasteiger partial charge in [-0.3, -0.25) is 4.42 Å². The van der Waals surface area contributed by atoms with Gasteiger partial charge in [-0.05, 0) is 0 Å². The number of carbonyl (C=O) groups is 1. The molecule has 1 N–H and O–H groups in total. The summed E-state index contributed by atoms with van der Waals surface area (Å²) in [5, 5.41) is 0. The molecule has 0 aliphatic heterocycles. The lowest BCUT2D eigenvalue weighted by Crippen LogP contribution is -2.00. The summed E-state index contributed by atoms with van der Waals surface area (Å²) in [4.78, 5) is 11.3. The van der Waals surface area contributed by atoms with E-state index in [0.717, 1.165) is 0 Å². The Morgan fingerprint density at radius 1 is 1.47 bits per heavy atom. The summed E-state index contributed by atoms with van der Waals surface area (Å²) in [6.45, 7) is 9.99. The summed E-state index contributed by atoms with van der Waals surface area (Å²) >= 11 is 0. The molecule has 1 aromatic carbocycles. The fourth-order valence-electron chi connectivity index (χ4n) is 1.18. The predicted molar refractivity (Wildman–Crippen MR) is 64.1 cm³/mol. The largest absolute Gasteiger partial charge is 0.698 e. The van der Waals surface area contributed by atoms with Crippen LogP contribution in [-0.2, 0) is 8.85 Å². The van der Waals surface area contributed by atoms with E-state index in [1.807, 2.05) is 0 Å². The molecule has 5 heteroatoms. The zero-order chi connectivity index (χ0) is 12.8. The Bertz CT molecular complexity index is 480.